The first-order valence-electron chi connectivity index (χ1n) is 8.20. The highest BCUT2D eigenvalue weighted by atomic mass is 35.5. The molecule has 3 aromatic rings. The molecule has 2 amide bonds. The highest BCUT2D eigenvalue weighted by Gasteiger charge is 2.21. The van der Waals surface area contributed by atoms with Gasteiger partial charge in [0.15, 0.2) is 0 Å². The Morgan fingerprint density at radius 1 is 1.11 bits per heavy atom. The molecule has 0 saturated carbocycles. The van der Waals surface area contributed by atoms with Gasteiger partial charge in [0.05, 0.1) is 10.0 Å². The van der Waals surface area contributed by atoms with E-state index >= 15 is 0 Å². The number of nitrogens with one attached hydrogen (secondary N) is 3. The average Bonchev–Trinajstić information content (AvgIpc) is 3.05. The number of carboxylic acids is 1. The molecule has 140 valence electrons. The van der Waals surface area contributed by atoms with E-state index < -0.39 is 18.0 Å². The molecule has 0 aliphatic carbocycles. The summed E-state index contributed by atoms with van der Waals surface area (Å²) in [5.41, 5.74) is 2.49. The summed E-state index contributed by atoms with van der Waals surface area (Å²) < 4.78 is 0. The van der Waals surface area contributed by atoms with Crippen LogP contribution in [0.1, 0.15) is 11.1 Å². The molecule has 0 saturated heterocycles. The Labute approximate surface area is 165 Å². The Bertz CT molecular complexity index is 987. The third-order valence-electron chi connectivity index (χ3n) is 4.14. The minimum absolute atomic E-state index is 0.166. The van der Waals surface area contributed by atoms with E-state index in [2.05, 4.69) is 15.6 Å². The topological polar surface area (TPSA) is 94.2 Å². The molecular formula is C19H17Cl2N3O3. The number of aromatic amines is 1. The van der Waals surface area contributed by atoms with Crippen LogP contribution in [0, 0.1) is 0 Å². The summed E-state index contributed by atoms with van der Waals surface area (Å²) in [4.78, 5) is 26.8. The molecule has 6 nitrogen and oxygen atoms in total. The number of aliphatic carboxylic acids is 1. The summed E-state index contributed by atoms with van der Waals surface area (Å²) in [6.45, 7) is 0.197. The number of rotatable bonds is 6. The minimum atomic E-state index is -1.11. The van der Waals surface area contributed by atoms with Crippen molar-refractivity contribution in [1.82, 2.24) is 15.6 Å². The molecule has 0 aliphatic rings. The highest BCUT2D eigenvalue weighted by Crippen LogP contribution is 2.22. The molecule has 27 heavy (non-hydrogen) atoms. The number of halogens is 2. The number of urea groups is 1. The lowest BCUT2D eigenvalue weighted by atomic mass is 10.1. The van der Waals surface area contributed by atoms with Crippen molar-refractivity contribution < 1.29 is 14.7 Å². The van der Waals surface area contributed by atoms with Gasteiger partial charge < -0.3 is 20.7 Å². The van der Waals surface area contributed by atoms with E-state index in [0.717, 1.165) is 22.0 Å². The van der Waals surface area contributed by atoms with Crippen LogP contribution in [0.2, 0.25) is 10.0 Å². The van der Waals surface area contributed by atoms with E-state index in [1.165, 1.54) is 0 Å². The quantitative estimate of drug-likeness (QED) is 0.499. The second-order valence-corrected chi connectivity index (χ2v) is 6.84. The molecule has 0 fully saturated rings. The van der Waals surface area contributed by atoms with Gasteiger partial charge in [0, 0.05) is 30.1 Å². The minimum Gasteiger partial charge on any atom is -0.480 e. The monoisotopic (exact) mass is 405 g/mol. The number of carbonyl (C=O) groups excluding carboxylic acids is 1. The van der Waals surface area contributed by atoms with Crippen LogP contribution in [0.4, 0.5) is 4.79 Å². The Balaban J connectivity index is 1.62. The number of aromatic nitrogens is 1. The Kier molecular flexibility index (Phi) is 5.88. The lowest BCUT2D eigenvalue weighted by Gasteiger charge is -2.15. The van der Waals surface area contributed by atoms with E-state index in [0.29, 0.717) is 10.0 Å². The first-order chi connectivity index (χ1) is 12.9. The van der Waals surface area contributed by atoms with Gasteiger partial charge in [0.2, 0.25) is 0 Å². The molecule has 0 radical (unpaired) electrons. The van der Waals surface area contributed by atoms with Crippen molar-refractivity contribution in [3.8, 4) is 0 Å². The molecule has 8 heteroatoms. The number of carboxylic acid groups (broad SMARTS) is 1. The van der Waals surface area contributed by atoms with Crippen LogP contribution in [0.3, 0.4) is 0 Å². The third kappa shape index (κ3) is 4.72. The summed E-state index contributed by atoms with van der Waals surface area (Å²) in [6.07, 6.45) is 1.93. The first-order valence-corrected chi connectivity index (χ1v) is 8.95. The second-order valence-electron chi connectivity index (χ2n) is 6.03. The van der Waals surface area contributed by atoms with Gasteiger partial charge in [-0.1, -0.05) is 47.5 Å². The molecule has 1 heterocycles. The summed E-state index contributed by atoms with van der Waals surface area (Å²) in [7, 11) is 0. The zero-order chi connectivity index (χ0) is 19.4. The van der Waals surface area contributed by atoms with E-state index in [1.54, 1.807) is 24.4 Å². The molecular weight excluding hydrogens is 389 g/mol. The van der Waals surface area contributed by atoms with Crippen LogP contribution in [0.25, 0.3) is 10.9 Å². The van der Waals surface area contributed by atoms with Crippen LogP contribution in [-0.2, 0) is 17.8 Å². The molecule has 2 aromatic carbocycles. The van der Waals surface area contributed by atoms with Gasteiger partial charge in [-0.05, 0) is 29.3 Å². The predicted molar refractivity (Wildman–Crippen MR) is 105 cm³/mol. The van der Waals surface area contributed by atoms with Gasteiger partial charge in [0.25, 0.3) is 0 Å². The molecule has 0 unspecified atom stereocenters. The number of hydrogen-bond acceptors (Lipinski definition) is 2. The number of fused-ring (bicyclic) bond motifs is 1. The Morgan fingerprint density at radius 2 is 1.89 bits per heavy atom. The standard InChI is InChI=1S/C19H17Cl2N3O3/c20-14-6-5-11(7-15(14)21)9-23-19(27)24-17(18(25)26)8-12-10-22-16-4-2-1-3-13(12)16/h1-7,10,17,22H,8-9H2,(H,25,26)(H2,23,24,27)/t17-/m1/s1. The molecule has 1 aromatic heterocycles. The predicted octanol–water partition coefficient (Wildman–Crippen LogP) is 3.97. The molecule has 0 spiro atoms. The van der Waals surface area contributed by atoms with Gasteiger partial charge in [-0.3, -0.25) is 0 Å². The van der Waals surface area contributed by atoms with Crippen LogP contribution < -0.4 is 10.6 Å². The third-order valence-corrected chi connectivity index (χ3v) is 4.88. The van der Waals surface area contributed by atoms with Crippen molar-refractivity contribution in [2.75, 3.05) is 0 Å². The van der Waals surface area contributed by atoms with E-state index in [1.807, 2.05) is 24.3 Å². The maximum atomic E-state index is 12.1. The van der Waals surface area contributed by atoms with E-state index in [-0.39, 0.29) is 13.0 Å². The van der Waals surface area contributed by atoms with Crippen molar-refractivity contribution >= 4 is 46.1 Å². The van der Waals surface area contributed by atoms with Crippen LogP contribution in [0.5, 0.6) is 0 Å². The fourth-order valence-corrected chi connectivity index (χ4v) is 3.08. The largest absolute Gasteiger partial charge is 0.480 e. The smallest absolute Gasteiger partial charge is 0.326 e. The summed E-state index contributed by atoms with van der Waals surface area (Å²) in [6, 6.07) is 11.0. The van der Waals surface area contributed by atoms with E-state index in [4.69, 9.17) is 23.2 Å². The summed E-state index contributed by atoms with van der Waals surface area (Å²) >= 11 is 11.8. The molecule has 0 aliphatic heterocycles. The number of amides is 2. The molecule has 0 bridgehead atoms. The maximum Gasteiger partial charge on any atom is 0.326 e. The van der Waals surface area contributed by atoms with Crippen molar-refractivity contribution in [2.24, 2.45) is 0 Å². The van der Waals surface area contributed by atoms with Crippen molar-refractivity contribution in [2.45, 2.75) is 19.0 Å². The fraction of sp³-hybridized carbons (Fsp3) is 0.158. The SMILES string of the molecule is O=C(NCc1ccc(Cl)c(Cl)c1)N[C@H](Cc1c[nH]c2ccccc12)C(=O)O. The normalized spacial score (nSPS) is 11.9. The van der Waals surface area contributed by atoms with Gasteiger partial charge in [0.1, 0.15) is 6.04 Å². The summed E-state index contributed by atoms with van der Waals surface area (Å²) in [5, 5.41) is 16.3. The maximum absolute atomic E-state index is 12.1. The number of benzene rings is 2. The van der Waals surface area contributed by atoms with Crippen LogP contribution in [0.15, 0.2) is 48.7 Å². The van der Waals surface area contributed by atoms with Crippen molar-refractivity contribution in [1.29, 1.82) is 0 Å². The van der Waals surface area contributed by atoms with Crippen molar-refractivity contribution in [3.63, 3.8) is 0 Å². The van der Waals surface area contributed by atoms with Crippen LogP contribution >= 0.6 is 23.2 Å². The lowest BCUT2D eigenvalue weighted by molar-refractivity contribution is -0.139. The molecule has 3 rings (SSSR count). The number of para-hydroxylation sites is 1. The van der Waals surface area contributed by atoms with Gasteiger partial charge in [-0.25, -0.2) is 9.59 Å². The van der Waals surface area contributed by atoms with Crippen LogP contribution in [-0.4, -0.2) is 28.1 Å². The molecule has 4 N–H and O–H groups in total. The average molecular weight is 406 g/mol. The fourth-order valence-electron chi connectivity index (χ4n) is 2.76. The Morgan fingerprint density at radius 3 is 2.63 bits per heavy atom. The summed E-state index contributed by atoms with van der Waals surface area (Å²) in [5.74, 6) is -1.11. The zero-order valence-electron chi connectivity index (χ0n) is 14.1. The number of hydrogen-bond donors (Lipinski definition) is 4. The first kappa shape index (κ1) is 19.1. The highest BCUT2D eigenvalue weighted by molar-refractivity contribution is 6.42. The number of carbonyl (C=O) groups is 2. The second kappa shape index (κ2) is 8.33. The molecule has 1 atom stereocenters. The van der Waals surface area contributed by atoms with Gasteiger partial charge >= 0.3 is 12.0 Å². The van der Waals surface area contributed by atoms with Gasteiger partial charge in [-0.15, -0.1) is 0 Å². The zero-order valence-corrected chi connectivity index (χ0v) is 15.6. The number of H-pyrrole nitrogens is 1. The lowest BCUT2D eigenvalue weighted by Crippen LogP contribution is -2.46. The Hall–Kier alpha value is -2.70. The van der Waals surface area contributed by atoms with Crippen molar-refractivity contribution in [3.05, 3.63) is 69.8 Å². The van der Waals surface area contributed by atoms with Gasteiger partial charge in [-0.2, -0.15) is 0 Å². The van der Waals surface area contributed by atoms with E-state index in [9.17, 15) is 14.7 Å².